The number of hydrogen-bond donors (Lipinski definition) is 0. The minimum Gasteiger partial charge on any atom is -0.482 e. The van der Waals surface area contributed by atoms with Crippen molar-refractivity contribution in [1.29, 1.82) is 0 Å². The minimum absolute atomic E-state index is 0.0376. The number of nitro groups is 1. The molecule has 0 fully saturated rings. The topological polar surface area (TPSA) is 99.6 Å². The Morgan fingerprint density at radius 2 is 1.95 bits per heavy atom. The zero-order valence-electron chi connectivity index (χ0n) is 19.8. The van der Waals surface area contributed by atoms with Crippen molar-refractivity contribution in [2.45, 2.75) is 32.8 Å². The second-order valence-corrected chi connectivity index (χ2v) is 10.1. The number of halogens is 3. The molecule has 0 amide bonds. The average molecular weight is 604 g/mol. The van der Waals surface area contributed by atoms with Gasteiger partial charge in [0.25, 0.3) is 5.56 Å². The normalized spacial score (nSPS) is 12.2. The Kier molecular flexibility index (Phi) is 8.26. The van der Waals surface area contributed by atoms with Crippen LogP contribution in [0.1, 0.15) is 43.1 Å². The zero-order valence-corrected chi connectivity index (χ0v) is 22.9. The fraction of sp³-hybridized carbons (Fsp3) is 0.192. The molecule has 0 bridgehead atoms. The predicted octanol–water partition coefficient (Wildman–Crippen LogP) is 7.35. The highest BCUT2D eigenvalue weighted by Crippen LogP contribution is 2.29. The standard InChI is InChI=1S/C26H21BrCl2N4O4/c1-3-15(2)25-31-22-8-6-18(27)12-19(22)26(34)32(25)30-13-16-5-9-24(23(11-16)33(35)36)37-14-17-4-7-20(28)21(29)10-17/h4-13,15H,3,14H2,1-2H3/t15-/m0/s1. The molecule has 0 saturated carbocycles. The molecule has 4 aromatic rings. The van der Waals surface area contributed by atoms with Gasteiger partial charge in [-0.15, -0.1) is 0 Å². The van der Waals surface area contributed by atoms with Crippen LogP contribution < -0.4 is 10.3 Å². The van der Waals surface area contributed by atoms with Crippen LogP contribution in [0.25, 0.3) is 10.9 Å². The van der Waals surface area contributed by atoms with Gasteiger partial charge in [0.2, 0.25) is 0 Å². The molecule has 3 aromatic carbocycles. The van der Waals surface area contributed by atoms with Gasteiger partial charge in [0.15, 0.2) is 5.75 Å². The molecule has 1 atom stereocenters. The lowest BCUT2D eigenvalue weighted by Crippen LogP contribution is -2.23. The summed E-state index contributed by atoms with van der Waals surface area (Å²) in [5, 5.41) is 17.3. The molecular weight excluding hydrogens is 583 g/mol. The van der Waals surface area contributed by atoms with E-state index in [-0.39, 0.29) is 29.5 Å². The maximum atomic E-state index is 13.3. The van der Waals surface area contributed by atoms with Crippen molar-refractivity contribution in [3.05, 3.63) is 107 Å². The van der Waals surface area contributed by atoms with Gasteiger partial charge in [-0.3, -0.25) is 14.9 Å². The smallest absolute Gasteiger partial charge is 0.311 e. The quantitative estimate of drug-likeness (QED) is 0.119. The highest BCUT2D eigenvalue weighted by atomic mass is 79.9. The van der Waals surface area contributed by atoms with E-state index in [4.69, 9.17) is 27.9 Å². The van der Waals surface area contributed by atoms with Crippen LogP contribution in [0.15, 0.2) is 69.0 Å². The van der Waals surface area contributed by atoms with Crippen LogP contribution in [0, 0.1) is 10.1 Å². The van der Waals surface area contributed by atoms with Crippen molar-refractivity contribution in [2.75, 3.05) is 0 Å². The van der Waals surface area contributed by atoms with E-state index in [1.807, 2.05) is 19.9 Å². The predicted molar refractivity (Wildman–Crippen MR) is 149 cm³/mol. The van der Waals surface area contributed by atoms with Crippen LogP contribution in [0.2, 0.25) is 10.0 Å². The number of nitrogens with zero attached hydrogens (tertiary/aromatic N) is 4. The molecule has 0 N–H and O–H groups in total. The van der Waals surface area contributed by atoms with Gasteiger partial charge in [-0.2, -0.15) is 9.78 Å². The van der Waals surface area contributed by atoms with E-state index < -0.39 is 4.92 Å². The van der Waals surface area contributed by atoms with Crippen LogP contribution in [0.3, 0.4) is 0 Å². The lowest BCUT2D eigenvalue weighted by Gasteiger charge is -2.14. The molecule has 0 aliphatic rings. The van der Waals surface area contributed by atoms with Crippen LogP contribution >= 0.6 is 39.1 Å². The number of benzene rings is 3. The third kappa shape index (κ3) is 6.01. The highest BCUT2D eigenvalue weighted by Gasteiger charge is 2.18. The summed E-state index contributed by atoms with van der Waals surface area (Å²) >= 11 is 15.4. The summed E-state index contributed by atoms with van der Waals surface area (Å²) in [5.74, 6) is 0.557. The largest absolute Gasteiger partial charge is 0.482 e. The van der Waals surface area contributed by atoms with Gasteiger partial charge in [-0.1, -0.05) is 59.0 Å². The van der Waals surface area contributed by atoms with E-state index in [9.17, 15) is 14.9 Å². The van der Waals surface area contributed by atoms with Gasteiger partial charge >= 0.3 is 5.69 Å². The monoisotopic (exact) mass is 602 g/mol. The number of fused-ring (bicyclic) bond motifs is 1. The molecule has 0 unspecified atom stereocenters. The Labute approximate surface area is 230 Å². The minimum atomic E-state index is -0.534. The van der Waals surface area contributed by atoms with Gasteiger partial charge in [0.05, 0.1) is 32.1 Å². The van der Waals surface area contributed by atoms with E-state index in [2.05, 4.69) is 26.0 Å². The molecular formula is C26H21BrCl2N4O4. The molecule has 0 radical (unpaired) electrons. The van der Waals surface area contributed by atoms with Crippen molar-refractivity contribution >= 4 is 61.9 Å². The molecule has 0 spiro atoms. The molecule has 8 nitrogen and oxygen atoms in total. The number of rotatable bonds is 8. The van der Waals surface area contributed by atoms with Crippen LogP contribution in [0.5, 0.6) is 5.75 Å². The molecule has 0 saturated heterocycles. The maximum absolute atomic E-state index is 13.3. The number of nitro benzene ring substituents is 1. The summed E-state index contributed by atoms with van der Waals surface area (Å²) in [6, 6.07) is 14.8. The Balaban J connectivity index is 1.68. The SMILES string of the molecule is CC[C@H](C)c1nc2ccc(Br)cc2c(=O)n1N=Cc1ccc(OCc2ccc(Cl)c(Cl)c2)c([N+](=O)[O-])c1. The summed E-state index contributed by atoms with van der Waals surface area (Å²) in [6.45, 7) is 4.02. The molecule has 1 heterocycles. The first-order valence-electron chi connectivity index (χ1n) is 11.3. The first kappa shape index (κ1) is 26.8. The van der Waals surface area contributed by atoms with Crippen molar-refractivity contribution in [3.8, 4) is 5.75 Å². The summed E-state index contributed by atoms with van der Waals surface area (Å²) < 4.78 is 7.68. The zero-order chi connectivity index (χ0) is 26.7. The third-order valence-electron chi connectivity index (χ3n) is 5.77. The van der Waals surface area contributed by atoms with E-state index in [1.54, 1.807) is 36.4 Å². The number of aromatic nitrogens is 2. The van der Waals surface area contributed by atoms with Crippen molar-refractivity contribution < 1.29 is 9.66 Å². The third-order valence-corrected chi connectivity index (χ3v) is 7.00. The van der Waals surface area contributed by atoms with E-state index in [0.29, 0.717) is 37.9 Å². The Morgan fingerprint density at radius 1 is 1.16 bits per heavy atom. The van der Waals surface area contributed by atoms with Crippen molar-refractivity contribution in [3.63, 3.8) is 0 Å². The lowest BCUT2D eigenvalue weighted by atomic mass is 10.1. The molecule has 1 aromatic heterocycles. The maximum Gasteiger partial charge on any atom is 0.311 e. The van der Waals surface area contributed by atoms with Crippen molar-refractivity contribution in [2.24, 2.45) is 5.10 Å². The van der Waals surface area contributed by atoms with Crippen LogP contribution in [-0.4, -0.2) is 20.8 Å². The summed E-state index contributed by atoms with van der Waals surface area (Å²) in [5.41, 5.74) is 1.15. The van der Waals surface area contributed by atoms with Gasteiger partial charge < -0.3 is 4.74 Å². The van der Waals surface area contributed by atoms with E-state index in [0.717, 1.165) is 10.9 Å². The summed E-state index contributed by atoms with van der Waals surface area (Å²) in [7, 11) is 0. The van der Waals surface area contributed by atoms with Crippen LogP contribution in [0.4, 0.5) is 5.69 Å². The summed E-state index contributed by atoms with van der Waals surface area (Å²) in [6.07, 6.45) is 2.15. The first-order chi connectivity index (χ1) is 17.7. The molecule has 37 heavy (non-hydrogen) atoms. The van der Waals surface area contributed by atoms with Crippen molar-refractivity contribution in [1.82, 2.24) is 9.66 Å². The first-order valence-corrected chi connectivity index (χ1v) is 12.8. The van der Waals surface area contributed by atoms with Gasteiger partial charge in [-0.25, -0.2) is 4.98 Å². The Morgan fingerprint density at radius 3 is 2.65 bits per heavy atom. The Bertz CT molecular complexity index is 1590. The van der Waals surface area contributed by atoms with Gasteiger partial charge in [-0.05, 0) is 54.4 Å². The molecule has 4 rings (SSSR count). The molecule has 11 heteroatoms. The average Bonchev–Trinajstić information content (AvgIpc) is 2.88. The van der Waals surface area contributed by atoms with Gasteiger partial charge in [0.1, 0.15) is 12.4 Å². The van der Waals surface area contributed by atoms with E-state index in [1.165, 1.54) is 23.0 Å². The number of hydrogen-bond acceptors (Lipinski definition) is 6. The molecule has 0 aliphatic carbocycles. The number of ether oxygens (including phenoxy) is 1. The molecule has 0 aliphatic heterocycles. The lowest BCUT2D eigenvalue weighted by molar-refractivity contribution is -0.385. The van der Waals surface area contributed by atoms with E-state index >= 15 is 0 Å². The second kappa shape index (κ2) is 11.4. The second-order valence-electron chi connectivity index (χ2n) is 8.32. The fourth-order valence-corrected chi connectivity index (χ4v) is 4.26. The molecule has 190 valence electrons. The highest BCUT2D eigenvalue weighted by molar-refractivity contribution is 9.10. The van der Waals surface area contributed by atoms with Gasteiger partial charge in [0, 0.05) is 22.0 Å². The van der Waals surface area contributed by atoms with Crippen LogP contribution in [-0.2, 0) is 6.61 Å². The summed E-state index contributed by atoms with van der Waals surface area (Å²) in [4.78, 5) is 29.2. The fourth-order valence-electron chi connectivity index (χ4n) is 3.57. The Hall–Kier alpha value is -3.27.